The van der Waals surface area contributed by atoms with Gasteiger partial charge in [0, 0.05) is 45.8 Å². The van der Waals surface area contributed by atoms with Crippen molar-refractivity contribution in [2.45, 2.75) is 26.2 Å². The number of likely N-dealkylation sites (tertiary alicyclic amines) is 1. The van der Waals surface area contributed by atoms with Crippen LogP contribution < -0.4 is 5.32 Å². The summed E-state index contributed by atoms with van der Waals surface area (Å²) in [6.07, 6.45) is 8.18. The van der Waals surface area contributed by atoms with E-state index in [1.807, 2.05) is 32.1 Å². The Morgan fingerprint density at radius 2 is 2.17 bits per heavy atom. The van der Waals surface area contributed by atoms with E-state index in [9.17, 15) is 4.79 Å². The molecule has 7 heteroatoms. The number of carbonyl (C=O) groups is 1. The summed E-state index contributed by atoms with van der Waals surface area (Å²) in [4.78, 5) is 23.5. The van der Waals surface area contributed by atoms with Gasteiger partial charge in [-0.3, -0.25) is 14.5 Å². The van der Waals surface area contributed by atoms with Crippen molar-refractivity contribution < 1.29 is 4.79 Å². The quantitative estimate of drug-likeness (QED) is 0.924. The van der Waals surface area contributed by atoms with Gasteiger partial charge < -0.3 is 10.2 Å². The molecule has 1 atom stereocenters. The standard InChI is InChI=1S/C17H24N6O/c1-12-14(11-22(3)21-12)17(24)23-8-4-5-13(10-23)9-15-16(18-2)20-7-6-19-15/h6-7,11,13H,4-5,8-10H2,1-3H3,(H,18,20). The van der Waals surface area contributed by atoms with E-state index in [0.29, 0.717) is 11.5 Å². The Bertz CT molecular complexity index is 726. The zero-order chi connectivity index (χ0) is 17.1. The van der Waals surface area contributed by atoms with Gasteiger partial charge in [0.05, 0.1) is 17.0 Å². The average molecular weight is 328 g/mol. The number of amides is 1. The van der Waals surface area contributed by atoms with Gasteiger partial charge in [0.25, 0.3) is 5.91 Å². The first kappa shape index (κ1) is 16.4. The van der Waals surface area contributed by atoms with Gasteiger partial charge in [-0.2, -0.15) is 5.10 Å². The van der Waals surface area contributed by atoms with Crippen molar-refractivity contribution in [1.82, 2.24) is 24.6 Å². The maximum absolute atomic E-state index is 12.8. The number of piperidine rings is 1. The number of nitrogens with one attached hydrogen (secondary N) is 1. The van der Waals surface area contributed by atoms with Crippen LogP contribution in [-0.2, 0) is 13.5 Å². The maximum Gasteiger partial charge on any atom is 0.257 e. The van der Waals surface area contributed by atoms with Gasteiger partial charge in [-0.15, -0.1) is 0 Å². The van der Waals surface area contributed by atoms with Gasteiger partial charge in [0.1, 0.15) is 5.82 Å². The van der Waals surface area contributed by atoms with Crippen LogP contribution in [0.3, 0.4) is 0 Å². The second kappa shape index (κ2) is 6.98. The highest BCUT2D eigenvalue weighted by molar-refractivity contribution is 5.95. The summed E-state index contributed by atoms with van der Waals surface area (Å²) in [6, 6.07) is 0. The lowest BCUT2D eigenvalue weighted by atomic mass is 9.92. The smallest absolute Gasteiger partial charge is 0.257 e. The van der Waals surface area contributed by atoms with Crippen LogP contribution in [0.25, 0.3) is 0 Å². The van der Waals surface area contributed by atoms with Gasteiger partial charge in [-0.25, -0.2) is 4.98 Å². The van der Waals surface area contributed by atoms with Crippen LogP contribution in [0.4, 0.5) is 5.82 Å². The first-order chi connectivity index (χ1) is 11.6. The molecule has 0 radical (unpaired) electrons. The van der Waals surface area contributed by atoms with Crippen molar-refractivity contribution >= 4 is 11.7 Å². The minimum absolute atomic E-state index is 0.0817. The fourth-order valence-electron chi connectivity index (χ4n) is 3.39. The zero-order valence-electron chi connectivity index (χ0n) is 14.5. The number of rotatable bonds is 4. The molecular formula is C17H24N6O. The van der Waals surface area contributed by atoms with E-state index in [1.165, 1.54) is 0 Å². The first-order valence-corrected chi connectivity index (χ1v) is 8.35. The van der Waals surface area contributed by atoms with Gasteiger partial charge >= 0.3 is 0 Å². The summed E-state index contributed by atoms with van der Waals surface area (Å²) in [5.74, 6) is 1.31. The fourth-order valence-corrected chi connectivity index (χ4v) is 3.39. The molecule has 1 fully saturated rings. The van der Waals surface area contributed by atoms with E-state index in [1.54, 1.807) is 17.1 Å². The van der Waals surface area contributed by atoms with Gasteiger partial charge in [0.2, 0.25) is 0 Å². The molecule has 1 aliphatic rings. The van der Waals surface area contributed by atoms with Crippen LogP contribution in [-0.4, -0.2) is 50.7 Å². The summed E-state index contributed by atoms with van der Waals surface area (Å²) in [6.45, 7) is 3.45. The Hall–Kier alpha value is -2.44. The molecule has 24 heavy (non-hydrogen) atoms. The van der Waals surface area contributed by atoms with Crippen LogP contribution in [0.15, 0.2) is 18.6 Å². The summed E-state index contributed by atoms with van der Waals surface area (Å²) in [5.41, 5.74) is 2.46. The van der Waals surface area contributed by atoms with Crippen LogP contribution in [0.1, 0.15) is 34.6 Å². The molecule has 2 aromatic rings. The predicted octanol–water partition coefficient (Wildman–Crippen LogP) is 1.66. The normalized spacial score (nSPS) is 17.8. The largest absolute Gasteiger partial charge is 0.372 e. The van der Waals surface area contributed by atoms with Crippen molar-refractivity contribution in [3.63, 3.8) is 0 Å². The third kappa shape index (κ3) is 3.39. The highest BCUT2D eigenvalue weighted by atomic mass is 16.2. The van der Waals surface area contributed by atoms with Crippen molar-refractivity contribution in [2.24, 2.45) is 13.0 Å². The lowest BCUT2D eigenvalue weighted by Crippen LogP contribution is -2.40. The minimum Gasteiger partial charge on any atom is -0.372 e. The topological polar surface area (TPSA) is 75.9 Å². The lowest BCUT2D eigenvalue weighted by Gasteiger charge is -2.32. The Morgan fingerprint density at radius 1 is 1.38 bits per heavy atom. The molecule has 0 spiro atoms. The maximum atomic E-state index is 12.8. The molecule has 1 N–H and O–H groups in total. The van der Waals surface area contributed by atoms with E-state index in [2.05, 4.69) is 20.4 Å². The highest BCUT2D eigenvalue weighted by Crippen LogP contribution is 2.24. The number of hydrogen-bond donors (Lipinski definition) is 1. The van der Waals surface area contributed by atoms with Gasteiger partial charge in [-0.05, 0) is 32.1 Å². The monoisotopic (exact) mass is 328 g/mol. The van der Waals surface area contributed by atoms with E-state index in [4.69, 9.17) is 0 Å². The number of carbonyl (C=O) groups excluding carboxylic acids is 1. The molecule has 3 heterocycles. The fraction of sp³-hybridized carbons (Fsp3) is 0.529. The third-order valence-electron chi connectivity index (χ3n) is 4.54. The van der Waals surface area contributed by atoms with E-state index in [0.717, 1.165) is 49.6 Å². The molecule has 0 bridgehead atoms. The molecule has 0 aromatic carbocycles. The predicted molar refractivity (Wildman–Crippen MR) is 91.9 cm³/mol. The van der Waals surface area contributed by atoms with E-state index >= 15 is 0 Å². The number of hydrogen-bond acceptors (Lipinski definition) is 5. The number of nitrogens with zero attached hydrogens (tertiary/aromatic N) is 5. The lowest BCUT2D eigenvalue weighted by molar-refractivity contribution is 0.0672. The number of aromatic nitrogens is 4. The number of anilines is 1. The Labute approximate surface area is 142 Å². The van der Waals surface area contributed by atoms with Crippen LogP contribution >= 0.6 is 0 Å². The molecular weight excluding hydrogens is 304 g/mol. The van der Waals surface area contributed by atoms with Gasteiger partial charge in [-0.1, -0.05) is 0 Å². The summed E-state index contributed by atoms with van der Waals surface area (Å²) in [5, 5.41) is 7.37. The molecule has 3 rings (SSSR count). The molecule has 0 aliphatic carbocycles. The van der Waals surface area contributed by atoms with Crippen molar-refractivity contribution in [3.8, 4) is 0 Å². The second-order valence-corrected chi connectivity index (χ2v) is 6.37. The van der Waals surface area contributed by atoms with E-state index < -0.39 is 0 Å². The van der Waals surface area contributed by atoms with Crippen molar-refractivity contribution in [1.29, 1.82) is 0 Å². The molecule has 1 unspecified atom stereocenters. The highest BCUT2D eigenvalue weighted by Gasteiger charge is 2.27. The van der Waals surface area contributed by atoms with Crippen LogP contribution in [0.5, 0.6) is 0 Å². The molecule has 1 aliphatic heterocycles. The van der Waals surface area contributed by atoms with E-state index in [-0.39, 0.29) is 5.91 Å². The zero-order valence-corrected chi connectivity index (χ0v) is 14.5. The molecule has 1 amide bonds. The molecule has 128 valence electrons. The summed E-state index contributed by atoms with van der Waals surface area (Å²) >= 11 is 0. The Kier molecular flexibility index (Phi) is 4.78. The third-order valence-corrected chi connectivity index (χ3v) is 4.54. The Morgan fingerprint density at radius 3 is 2.88 bits per heavy atom. The molecule has 0 saturated carbocycles. The van der Waals surface area contributed by atoms with Crippen LogP contribution in [0, 0.1) is 12.8 Å². The average Bonchev–Trinajstić information content (AvgIpc) is 2.93. The number of aryl methyl sites for hydroxylation is 2. The van der Waals surface area contributed by atoms with Crippen molar-refractivity contribution in [2.75, 3.05) is 25.5 Å². The summed E-state index contributed by atoms with van der Waals surface area (Å²) in [7, 11) is 3.70. The SMILES string of the molecule is CNc1nccnc1CC1CCCN(C(=O)c2cn(C)nc2C)C1. The van der Waals surface area contributed by atoms with Crippen molar-refractivity contribution in [3.05, 3.63) is 35.5 Å². The van der Waals surface area contributed by atoms with Gasteiger partial charge in [0.15, 0.2) is 0 Å². The molecule has 7 nitrogen and oxygen atoms in total. The molecule has 2 aromatic heterocycles. The van der Waals surface area contributed by atoms with Crippen LogP contribution in [0.2, 0.25) is 0 Å². The minimum atomic E-state index is 0.0817. The first-order valence-electron chi connectivity index (χ1n) is 8.35. The summed E-state index contributed by atoms with van der Waals surface area (Å²) < 4.78 is 1.70. The second-order valence-electron chi connectivity index (χ2n) is 6.37. The Balaban J connectivity index is 1.70. The molecule has 1 saturated heterocycles.